The van der Waals surface area contributed by atoms with Gasteiger partial charge in [0.25, 0.3) is 0 Å². The molecule has 0 rings (SSSR count). The van der Waals surface area contributed by atoms with Crippen molar-refractivity contribution in [1.29, 1.82) is 0 Å². The molecule has 0 unspecified atom stereocenters. The highest BCUT2D eigenvalue weighted by molar-refractivity contribution is 4.87. The molecule has 0 spiro atoms. The third kappa shape index (κ3) is 4.66. The number of hydrogen-bond acceptors (Lipinski definition) is 2. The maximum Gasteiger partial charge on any atom is 0.418 e. The molecule has 0 radical (unpaired) electrons. The minimum atomic E-state index is -4.60. The van der Waals surface area contributed by atoms with E-state index < -0.39 is 12.3 Å². The monoisotopic (exact) mass is 170 g/mol. The fourth-order valence-corrected chi connectivity index (χ4v) is 0.335. The van der Waals surface area contributed by atoms with Gasteiger partial charge in [0.1, 0.15) is 0 Å². The molecule has 0 aromatic carbocycles. The third-order valence-electron chi connectivity index (χ3n) is 0.859. The lowest BCUT2D eigenvalue weighted by molar-refractivity contribution is -0.188. The molecule has 1 N–H and O–H groups in total. The number of rotatable bonds is 3. The highest BCUT2D eigenvalue weighted by Gasteiger charge is 2.36. The first-order valence-corrected chi connectivity index (χ1v) is 3.01. The van der Waals surface area contributed by atoms with Crippen molar-refractivity contribution in [2.24, 2.45) is 0 Å². The van der Waals surface area contributed by atoms with Crippen LogP contribution in [0.5, 0.6) is 0 Å². The number of aliphatic hydroxyl groups excluding tert-OH is 1. The van der Waals surface area contributed by atoms with E-state index in [-0.39, 0.29) is 6.61 Å². The molecular formula is C6H9F3O2. The summed E-state index contributed by atoms with van der Waals surface area (Å²) in [6.07, 6.45) is -5.66. The highest BCUT2D eigenvalue weighted by Crippen LogP contribution is 2.20. The average Bonchev–Trinajstić information content (AvgIpc) is 1.86. The molecule has 0 aliphatic carbocycles. The van der Waals surface area contributed by atoms with Crippen LogP contribution in [0, 0.1) is 0 Å². The van der Waals surface area contributed by atoms with E-state index in [1.807, 2.05) is 0 Å². The summed E-state index contributed by atoms with van der Waals surface area (Å²) in [6, 6.07) is 0. The summed E-state index contributed by atoms with van der Waals surface area (Å²) in [7, 11) is 0. The predicted molar refractivity (Wildman–Crippen MR) is 32.8 cm³/mol. The van der Waals surface area contributed by atoms with Gasteiger partial charge in [-0.25, -0.2) is 0 Å². The Balaban J connectivity index is 3.77. The lowest BCUT2D eigenvalue weighted by Crippen LogP contribution is -2.26. The molecule has 0 fully saturated rings. The smallest absolute Gasteiger partial charge is 0.418 e. The Morgan fingerprint density at radius 3 is 2.45 bits per heavy atom. The van der Waals surface area contributed by atoms with Crippen LogP contribution in [0.15, 0.2) is 12.3 Å². The first kappa shape index (κ1) is 10.3. The van der Waals surface area contributed by atoms with Gasteiger partial charge in [-0.15, -0.1) is 0 Å². The summed E-state index contributed by atoms with van der Waals surface area (Å²) in [6.45, 7) is 1.91. The Bertz CT molecular complexity index is 130. The molecule has 66 valence electrons. The van der Waals surface area contributed by atoms with Crippen molar-refractivity contribution in [2.75, 3.05) is 6.61 Å². The van der Waals surface area contributed by atoms with Gasteiger partial charge in [-0.3, -0.25) is 0 Å². The molecule has 2 nitrogen and oxygen atoms in total. The molecular weight excluding hydrogens is 161 g/mol. The van der Waals surface area contributed by atoms with Gasteiger partial charge in [0.15, 0.2) is 6.10 Å². The minimum absolute atomic E-state index is 0.279. The Morgan fingerprint density at radius 2 is 2.09 bits per heavy atom. The Labute approximate surface area is 62.3 Å². The lowest BCUT2D eigenvalue weighted by Gasteiger charge is -2.09. The minimum Gasteiger partial charge on any atom is -0.502 e. The van der Waals surface area contributed by atoms with Gasteiger partial charge in [-0.1, -0.05) is 0 Å². The zero-order valence-electron chi connectivity index (χ0n) is 5.93. The van der Waals surface area contributed by atoms with Gasteiger partial charge in [0.2, 0.25) is 0 Å². The summed E-state index contributed by atoms with van der Waals surface area (Å²) >= 11 is 0. The number of alkyl halides is 3. The van der Waals surface area contributed by atoms with Gasteiger partial charge >= 0.3 is 6.18 Å². The van der Waals surface area contributed by atoms with Crippen molar-refractivity contribution in [2.45, 2.75) is 19.2 Å². The quantitative estimate of drug-likeness (QED) is 0.649. The van der Waals surface area contributed by atoms with E-state index in [9.17, 15) is 13.2 Å². The van der Waals surface area contributed by atoms with Crippen molar-refractivity contribution < 1.29 is 23.0 Å². The molecule has 0 aromatic heterocycles. The van der Waals surface area contributed by atoms with Crippen LogP contribution in [0.2, 0.25) is 0 Å². The Morgan fingerprint density at radius 1 is 1.55 bits per heavy atom. The number of hydrogen-bond donors (Lipinski definition) is 1. The molecule has 0 saturated heterocycles. The molecule has 0 saturated carbocycles. The van der Waals surface area contributed by atoms with Crippen LogP contribution in [0.3, 0.4) is 0 Å². The van der Waals surface area contributed by atoms with Crippen LogP contribution in [0.25, 0.3) is 0 Å². The van der Waals surface area contributed by atoms with E-state index in [1.54, 1.807) is 6.92 Å². The normalized spacial score (nSPS) is 15.4. The highest BCUT2D eigenvalue weighted by atomic mass is 19.4. The predicted octanol–water partition coefficient (Wildman–Crippen LogP) is 1.46. The molecule has 0 aliphatic heterocycles. The van der Waals surface area contributed by atoms with Crippen LogP contribution in [-0.4, -0.2) is 24.0 Å². The molecule has 0 bridgehead atoms. The Kier molecular flexibility index (Phi) is 3.95. The summed E-state index contributed by atoms with van der Waals surface area (Å²) in [5, 5.41) is 8.32. The molecule has 0 aliphatic rings. The summed E-state index contributed by atoms with van der Waals surface area (Å²) < 4.78 is 39.0. The fraction of sp³-hybridized carbons (Fsp3) is 0.667. The zero-order valence-corrected chi connectivity index (χ0v) is 5.93. The maximum atomic E-state index is 11.5. The van der Waals surface area contributed by atoms with Crippen molar-refractivity contribution in [3.8, 4) is 0 Å². The molecule has 0 heterocycles. The van der Waals surface area contributed by atoms with Crippen LogP contribution in [0.4, 0.5) is 13.2 Å². The zero-order chi connectivity index (χ0) is 8.91. The van der Waals surface area contributed by atoms with E-state index in [4.69, 9.17) is 5.11 Å². The van der Waals surface area contributed by atoms with Gasteiger partial charge < -0.3 is 9.84 Å². The maximum absolute atomic E-state index is 11.5. The van der Waals surface area contributed by atoms with Crippen molar-refractivity contribution >= 4 is 0 Å². The molecule has 0 amide bonds. The third-order valence-corrected chi connectivity index (χ3v) is 0.859. The average molecular weight is 170 g/mol. The van der Waals surface area contributed by atoms with E-state index in [0.29, 0.717) is 6.08 Å². The molecule has 1 atom stereocenters. The summed E-state index contributed by atoms with van der Waals surface area (Å²) in [5.74, 6) is 0. The van der Waals surface area contributed by atoms with Crippen LogP contribution in [0.1, 0.15) is 6.92 Å². The number of halogens is 3. The van der Waals surface area contributed by atoms with Crippen molar-refractivity contribution in [1.82, 2.24) is 0 Å². The second-order valence-electron chi connectivity index (χ2n) is 1.77. The Hall–Kier alpha value is -0.710. The SMILES string of the molecule is CCO/C=C/[C@H](O)C(F)(F)F. The number of aliphatic hydroxyl groups is 1. The standard InChI is InChI=1S/C6H9F3O2/c1-2-11-4-3-5(10)6(7,8)9/h3-5,10H,2H2,1H3/b4-3+/t5-/m0/s1. The fourth-order valence-electron chi connectivity index (χ4n) is 0.335. The molecule has 0 aromatic rings. The van der Waals surface area contributed by atoms with E-state index >= 15 is 0 Å². The van der Waals surface area contributed by atoms with Gasteiger partial charge in [0, 0.05) is 0 Å². The van der Waals surface area contributed by atoms with Crippen molar-refractivity contribution in [3.63, 3.8) is 0 Å². The van der Waals surface area contributed by atoms with E-state index in [0.717, 1.165) is 6.26 Å². The molecule has 5 heteroatoms. The van der Waals surface area contributed by atoms with Crippen LogP contribution in [-0.2, 0) is 4.74 Å². The largest absolute Gasteiger partial charge is 0.502 e. The topological polar surface area (TPSA) is 29.5 Å². The van der Waals surface area contributed by atoms with Gasteiger partial charge in [-0.2, -0.15) is 13.2 Å². The first-order chi connectivity index (χ1) is 4.98. The van der Waals surface area contributed by atoms with Gasteiger partial charge in [0.05, 0.1) is 12.9 Å². The van der Waals surface area contributed by atoms with E-state index in [1.165, 1.54) is 0 Å². The second kappa shape index (κ2) is 4.23. The van der Waals surface area contributed by atoms with Crippen LogP contribution < -0.4 is 0 Å². The van der Waals surface area contributed by atoms with Crippen molar-refractivity contribution in [3.05, 3.63) is 12.3 Å². The number of ether oxygens (including phenoxy) is 1. The second-order valence-corrected chi connectivity index (χ2v) is 1.77. The summed E-state index contributed by atoms with van der Waals surface area (Å²) in [4.78, 5) is 0. The van der Waals surface area contributed by atoms with E-state index in [2.05, 4.69) is 4.74 Å². The molecule has 11 heavy (non-hydrogen) atoms. The van der Waals surface area contributed by atoms with Crippen LogP contribution >= 0.6 is 0 Å². The van der Waals surface area contributed by atoms with Gasteiger partial charge in [-0.05, 0) is 13.0 Å². The first-order valence-electron chi connectivity index (χ1n) is 3.01. The lowest BCUT2D eigenvalue weighted by atomic mass is 10.3. The summed E-state index contributed by atoms with van der Waals surface area (Å²) in [5.41, 5.74) is 0.